The monoisotopic (exact) mass is 355 g/mol. The number of nitrogens with one attached hydrogen (secondary N) is 1. The van der Waals surface area contributed by atoms with E-state index in [1.54, 1.807) is 14.7 Å². The summed E-state index contributed by atoms with van der Waals surface area (Å²) in [6.07, 6.45) is 0. The fourth-order valence-electron chi connectivity index (χ4n) is 2.93. The van der Waals surface area contributed by atoms with Crippen molar-refractivity contribution >= 4 is 29.3 Å². The number of ether oxygens (including phenoxy) is 1. The molecule has 1 unspecified atom stereocenters. The molecule has 2 amide bonds. The van der Waals surface area contributed by atoms with Gasteiger partial charge in [-0.2, -0.15) is 0 Å². The smallest absolute Gasteiger partial charge is 0.325 e. The molecule has 1 fully saturated rings. The van der Waals surface area contributed by atoms with Crippen LogP contribution in [0.25, 0.3) is 0 Å². The van der Waals surface area contributed by atoms with Crippen LogP contribution in [-0.2, 0) is 0 Å². The Hall–Kier alpha value is -2.22. The number of hydrogen-bond acceptors (Lipinski definition) is 3. The molecule has 3 N–H and O–H groups in total. The van der Waals surface area contributed by atoms with Crippen molar-refractivity contribution in [3.8, 4) is 5.75 Å². The molecule has 24 heavy (non-hydrogen) atoms. The Kier molecular flexibility index (Phi) is 4.40. The van der Waals surface area contributed by atoms with Gasteiger partial charge in [0.25, 0.3) is 0 Å². The zero-order valence-corrected chi connectivity index (χ0v) is 14.0. The molecule has 2 aliphatic heterocycles. The number of nitrogens with two attached hydrogens (primary N) is 1. The van der Waals surface area contributed by atoms with Crippen molar-refractivity contribution in [3.63, 3.8) is 0 Å². The van der Waals surface area contributed by atoms with Crippen molar-refractivity contribution in [1.29, 1.82) is 5.41 Å². The summed E-state index contributed by atoms with van der Waals surface area (Å²) in [4.78, 5) is 17.9. The summed E-state index contributed by atoms with van der Waals surface area (Å²) in [5, 5.41) is 7.41. The molecule has 0 aromatic heterocycles. The Morgan fingerprint density at radius 3 is 2.58 bits per heavy atom. The van der Waals surface area contributed by atoms with Gasteiger partial charge in [0, 0.05) is 38.3 Å². The van der Waals surface area contributed by atoms with Crippen molar-refractivity contribution in [2.24, 2.45) is 5.73 Å². The molecule has 3 rings (SSSR count). The molecule has 0 radical (unpaired) electrons. The predicted molar refractivity (Wildman–Crippen MR) is 89.3 cm³/mol. The molecule has 130 valence electrons. The molecule has 9 heteroatoms. The van der Waals surface area contributed by atoms with Crippen LogP contribution in [0.2, 0.25) is 5.02 Å². The summed E-state index contributed by atoms with van der Waals surface area (Å²) in [6, 6.07) is 2.19. The van der Waals surface area contributed by atoms with Gasteiger partial charge in [-0.25, -0.2) is 9.18 Å². The lowest BCUT2D eigenvalue weighted by molar-refractivity contribution is 0.167. The largest absolute Gasteiger partial charge is 0.489 e. The highest BCUT2D eigenvalue weighted by Gasteiger charge is 2.34. The summed E-state index contributed by atoms with van der Waals surface area (Å²) < 4.78 is 19.4. The molecule has 1 aromatic carbocycles. The van der Waals surface area contributed by atoms with Crippen LogP contribution in [0.5, 0.6) is 5.75 Å². The lowest BCUT2D eigenvalue weighted by Crippen LogP contribution is -2.58. The zero-order chi connectivity index (χ0) is 17.4. The number of benzene rings is 1. The molecule has 0 aliphatic carbocycles. The molecular weight excluding hydrogens is 337 g/mol. The number of carbonyl (C=O) groups is 1. The number of hydrogen-bond donors (Lipinski definition) is 2. The number of fused-ring (bicyclic) bond motifs is 1. The van der Waals surface area contributed by atoms with Crippen LogP contribution in [0.1, 0.15) is 6.92 Å². The molecule has 1 saturated heterocycles. The Morgan fingerprint density at radius 1 is 1.33 bits per heavy atom. The van der Waals surface area contributed by atoms with Crippen molar-refractivity contribution in [3.05, 3.63) is 23.0 Å². The normalized spacial score (nSPS) is 20.5. The number of carbonyl (C=O) groups excluding carboxylic acids is 1. The summed E-state index contributed by atoms with van der Waals surface area (Å²) >= 11 is 5.80. The predicted octanol–water partition coefficient (Wildman–Crippen LogP) is 1.70. The van der Waals surface area contributed by atoms with Gasteiger partial charge in [0.05, 0.1) is 16.8 Å². The topological polar surface area (TPSA) is 85.9 Å². The summed E-state index contributed by atoms with van der Waals surface area (Å²) in [7, 11) is 0. The van der Waals surface area contributed by atoms with Gasteiger partial charge in [-0.1, -0.05) is 11.6 Å². The molecule has 0 spiro atoms. The van der Waals surface area contributed by atoms with Gasteiger partial charge in [-0.05, 0) is 6.92 Å². The number of urea groups is 1. The van der Waals surface area contributed by atoms with Gasteiger partial charge in [-0.3, -0.25) is 10.3 Å². The number of guanidine groups is 1. The second-order valence-electron chi connectivity index (χ2n) is 5.91. The van der Waals surface area contributed by atoms with E-state index < -0.39 is 5.82 Å². The van der Waals surface area contributed by atoms with Crippen molar-refractivity contribution in [2.75, 3.05) is 37.7 Å². The Morgan fingerprint density at radius 2 is 1.96 bits per heavy atom. The van der Waals surface area contributed by atoms with E-state index >= 15 is 0 Å². The minimum absolute atomic E-state index is 0.00361. The third-order valence-corrected chi connectivity index (χ3v) is 4.57. The molecular formula is C15H19ClFN5O2. The van der Waals surface area contributed by atoms with Crippen molar-refractivity contribution < 1.29 is 13.9 Å². The summed E-state index contributed by atoms with van der Waals surface area (Å²) in [5.41, 5.74) is 5.86. The minimum atomic E-state index is -0.590. The molecule has 0 saturated carbocycles. The van der Waals surface area contributed by atoms with E-state index in [0.717, 1.165) is 0 Å². The fraction of sp³-hybridized carbons (Fsp3) is 0.467. The van der Waals surface area contributed by atoms with E-state index in [0.29, 0.717) is 44.2 Å². The maximum absolute atomic E-state index is 13.9. The van der Waals surface area contributed by atoms with Crippen LogP contribution in [-0.4, -0.2) is 60.6 Å². The average molecular weight is 356 g/mol. The first-order chi connectivity index (χ1) is 11.4. The van der Waals surface area contributed by atoms with Gasteiger partial charge in [-0.15, -0.1) is 0 Å². The summed E-state index contributed by atoms with van der Waals surface area (Å²) in [6.45, 7) is 4.07. The highest BCUT2D eigenvalue weighted by molar-refractivity contribution is 6.31. The zero-order valence-electron chi connectivity index (χ0n) is 13.3. The van der Waals surface area contributed by atoms with E-state index in [-0.39, 0.29) is 23.1 Å². The maximum Gasteiger partial charge on any atom is 0.325 e. The quantitative estimate of drug-likeness (QED) is 0.548. The van der Waals surface area contributed by atoms with Crippen LogP contribution in [0.3, 0.4) is 0 Å². The number of anilines is 1. The second-order valence-corrected chi connectivity index (χ2v) is 6.31. The first-order valence-corrected chi connectivity index (χ1v) is 8.05. The minimum Gasteiger partial charge on any atom is -0.489 e. The number of amides is 2. The lowest BCUT2D eigenvalue weighted by Gasteiger charge is -2.41. The third kappa shape index (κ3) is 2.93. The molecule has 1 aromatic rings. The number of halogens is 2. The SMILES string of the molecule is CC1COc2cc(Cl)c(F)cc2N1C(=O)N1CCN(C(=N)N)CC1. The molecule has 0 bridgehead atoms. The van der Waals surface area contributed by atoms with Gasteiger partial charge in [0.15, 0.2) is 5.96 Å². The van der Waals surface area contributed by atoms with Crippen LogP contribution >= 0.6 is 11.6 Å². The first kappa shape index (κ1) is 16.6. The van der Waals surface area contributed by atoms with E-state index in [9.17, 15) is 9.18 Å². The second kappa shape index (κ2) is 6.35. The average Bonchev–Trinajstić information content (AvgIpc) is 2.56. The van der Waals surface area contributed by atoms with Crippen molar-refractivity contribution in [1.82, 2.24) is 9.80 Å². The first-order valence-electron chi connectivity index (χ1n) is 7.67. The van der Waals surface area contributed by atoms with Gasteiger partial charge in [0.1, 0.15) is 18.2 Å². The standard InChI is InChI=1S/C15H19ClFN5O2/c1-9-8-24-13-6-10(16)11(17)7-12(13)22(9)15(23)21-4-2-20(3-5-21)14(18)19/h6-7,9H,2-5,8H2,1H3,(H3,18,19). The maximum atomic E-state index is 13.9. The highest BCUT2D eigenvalue weighted by Crippen LogP contribution is 2.38. The molecule has 2 heterocycles. The van der Waals surface area contributed by atoms with Gasteiger partial charge in [0.2, 0.25) is 0 Å². The number of rotatable bonds is 0. The van der Waals surface area contributed by atoms with Crippen LogP contribution in [0.4, 0.5) is 14.9 Å². The third-order valence-electron chi connectivity index (χ3n) is 4.28. The van der Waals surface area contributed by atoms with Crippen LogP contribution in [0, 0.1) is 11.2 Å². The molecule has 2 aliphatic rings. The van der Waals surface area contributed by atoms with Crippen LogP contribution < -0.4 is 15.4 Å². The van der Waals surface area contributed by atoms with E-state index in [2.05, 4.69) is 0 Å². The Bertz CT molecular complexity index is 678. The van der Waals surface area contributed by atoms with Gasteiger partial charge >= 0.3 is 6.03 Å². The number of piperazine rings is 1. The number of nitrogens with zero attached hydrogens (tertiary/aromatic N) is 3. The Labute approximate surface area is 144 Å². The molecule has 7 nitrogen and oxygen atoms in total. The lowest BCUT2D eigenvalue weighted by atomic mass is 10.1. The van der Waals surface area contributed by atoms with Crippen LogP contribution in [0.15, 0.2) is 12.1 Å². The van der Waals surface area contributed by atoms with E-state index in [1.807, 2.05) is 6.92 Å². The van der Waals surface area contributed by atoms with E-state index in [4.69, 9.17) is 27.5 Å². The van der Waals surface area contributed by atoms with Crippen molar-refractivity contribution in [2.45, 2.75) is 13.0 Å². The summed E-state index contributed by atoms with van der Waals surface area (Å²) in [5.74, 6) is -0.188. The highest BCUT2D eigenvalue weighted by atomic mass is 35.5. The van der Waals surface area contributed by atoms with E-state index in [1.165, 1.54) is 12.1 Å². The fourth-order valence-corrected chi connectivity index (χ4v) is 3.08. The Balaban J connectivity index is 1.83. The molecule has 1 atom stereocenters. The van der Waals surface area contributed by atoms with Gasteiger partial charge < -0.3 is 20.3 Å².